The summed E-state index contributed by atoms with van der Waals surface area (Å²) in [6.45, 7) is 4.12. The normalized spacial score (nSPS) is 18.1. The van der Waals surface area contributed by atoms with Crippen LogP contribution >= 0.6 is 23.8 Å². The van der Waals surface area contributed by atoms with Crippen LogP contribution in [-0.4, -0.2) is 14.7 Å². The van der Waals surface area contributed by atoms with Crippen LogP contribution in [0.1, 0.15) is 34.6 Å². The molecule has 0 radical (unpaired) electrons. The fourth-order valence-corrected chi connectivity index (χ4v) is 4.82. The topological polar surface area (TPSA) is 33.1 Å². The molecule has 1 aliphatic rings. The highest BCUT2D eigenvalue weighted by molar-refractivity contribution is 7.80. The predicted octanol–water partition coefficient (Wildman–Crippen LogP) is 6.32. The molecule has 4 aromatic rings. The minimum Gasteiger partial charge on any atom is -0.351 e. The second kappa shape index (κ2) is 8.41. The summed E-state index contributed by atoms with van der Waals surface area (Å²) >= 11 is 12.1. The SMILES string of the molecule is Cc1cccc(N2C(=S)N[C@H](c3ccccn3)[C@H]2c2cccn2-c2ccc(Cl)c(C)c2)c1. The summed E-state index contributed by atoms with van der Waals surface area (Å²) in [5.74, 6) is 0. The molecule has 5 rings (SSSR count). The van der Waals surface area contributed by atoms with Crippen molar-refractivity contribution in [3.63, 3.8) is 0 Å². The molecule has 1 fully saturated rings. The zero-order valence-electron chi connectivity index (χ0n) is 17.9. The Kier molecular flexibility index (Phi) is 5.45. The molecular weight excluding hydrogens is 436 g/mol. The van der Waals surface area contributed by atoms with Crippen LogP contribution in [0, 0.1) is 13.8 Å². The lowest BCUT2D eigenvalue weighted by molar-refractivity contribution is 0.549. The molecule has 2 atom stereocenters. The third-order valence-corrected chi connectivity index (χ3v) is 6.62. The molecule has 0 amide bonds. The van der Waals surface area contributed by atoms with Gasteiger partial charge in [-0.3, -0.25) is 4.98 Å². The summed E-state index contributed by atoms with van der Waals surface area (Å²) in [6.07, 6.45) is 3.91. The van der Waals surface area contributed by atoms with Gasteiger partial charge in [0.15, 0.2) is 5.11 Å². The van der Waals surface area contributed by atoms with Crippen molar-refractivity contribution in [2.75, 3.05) is 4.90 Å². The molecule has 3 heterocycles. The van der Waals surface area contributed by atoms with E-state index in [4.69, 9.17) is 23.8 Å². The van der Waals surface area contributed by atoms with Gasteiger partial charge in [-0.1, -0.05) is 29.8 Å². The second-order valence-electron chi connectivity index (χ2n) is 8.07. The Morgan fingerprint density at radius 2 is 1.81 bits per heavy atom. The summed E-state index contributed by atoms with van der Waals surface area (Å²) in [7, 11) is 0. The van der Waals surface area contributed by atoms with Crippen LogP contribution < -0.4 is 10.2 Å². The Balaban J connectivity index is 1.68. The standard InChI is InChI=1S/C26H23ClN4S/c1-17-7-5-8-20(15-17)31-25(24(29-26(31)32)22-9-3-4-13-28-22)23-10-6-14-30(23)19-11-12-21(27)18(2)16-19/h3-16,24-25H,1-2H3,(H,29,32)/t24-,25-/m1/s1. The van der Waals surface area contributed by atoms with E-state index in [1.807, 2.05) is 43.5 Å². The average molecular weight is 459 g/mol. The number of benzene rings is 2. The molecule has 1 aliphatic heterocycles. The number of aryl methyl sites for hydroxylation is 2. The van der Waals surface area contributed by atoms with Crippen LogP contribution in [0.3, 0.4) is 0 Å². The predicted molar refractivity (Wildman–Crippen MR) is 135 cm³/mol. The van der Waals surface area contributed by atoms with Gasteiger partial charge >= 0.3 is 0 Å². The van der Waals surface area contributed by atoms with Gasteiger partial charge in [0.25, 0.3) is 0 Å². The lowest BCUT2D eigenvalue weighted by Gasteiger charge is -2.29. The van der Waals surface area contributed by atoms with Crippen LogP contribution in [-0.2, 0) is 0 Å². The molecule has 2 aromatic heterocycles. The molecule has 1 saturated heterocycles. The molecular formula is C26H23ClN4S. The molecule has 0 bridgehead atoms. The second-order valence-corrected chi connectivity index (χ2v) is 8.87. The van der Waals surface area contributed by atoms with Gasteiger partial charge in [0.05, 0.1) is 11.7 Å². The number of aromatic nitrogens is 2. The van der Waals surface area contributed by atoms with Gasteiger partial charge < -0.3 is 14.8 Å². The van der Waals surface area contributed by atoms with Gasteiger partial charge in [0.2, 0.25) is 0 Å². The van der Waals surface area contributed by atoms with Gasteiger partial charge in [0, 0.05) is 34.5 Å². The van der Waals surface area contributed by atoms with Crippen molar-refractivity contribution in [2.45, 2.75) is 25.9 Å². The van der Waals surface area contributed by atoms with Crippen LogP contribution in [0.25, 0.3) is 5.69 Å². The Labute approximate surface area is 198 Å². The summed E-state index contributed by atoms with van der Waals surface area (Å²) in [5, 5.41) is 4.99. The van der Waals surface area contributed by atoms with Gasteiger partial charge in [-0.2, -0.15) is 0 Å². The van der Waals surface area contributed by atoms with E-state index in [0.717, 1.165) is 33.3 Å². The molecule has 2 aromatic carbocycles. The van der Waals surface area contributed by atoms with Gasteiger partial charge in [0.1, 0.15) is 6.04 Å². The van der Waals surface area contributed by atoms with Crippen LogP contribution in [0.5, 0.6) is 0 Å². The third-order valence-electron chi connectivity index (χ3n) is 5.88. The number of pyridine rings is 1. The molecule has 1 N–H and O–H groups in total. The van der Waals surface area contributed by atoms with Crippen molar-refractivity contribution in [3.05, 3.63) is 113 Å². The maximum atomic E-state index is 6.30. The maximum absolute atomic E-state index is 6.30. The fourth-order valence-electron chi connectivity index (χ4n) is 4.36. The van der Waals surface area contributed by atoms with Crippen molar-refractivity contribution in [1.29, 1.82) is 0 Å². The van der Waals surface area contributed by atoms with Crippen molar-refractivity contribution >= 4 is 34.6 Å². The Morgan fingerprint density at radius 3 is 2.56 bits per heavy atom. The van der Waals surface area contributed by atoms with E-state index in [1.54, 1.807) is 0 Å². The molecule has 160 valence electrons. The first-order valence-electron chi connectivity index (χ1n) is 10.5. The molecule has 6 heteroatoms. The number of halogens is 1. The Bertz CT molecular complexity index is 1280. The van der Waals surface area contributed by atoms with E-state index in [9.17, 15) is 0 Å². The fraction of sp³-hybridized carbons (Fsp3) is 0.154. The number of anilines is 1. The molecule has 4 nitrogen and oxygen atoms in total. The van der Waals surface area contributed by atoms with Crippen molar-refractivity contribution in [1.82, 2.24) is 14.9 Å². The first kappa shape index (κ1) is 20.7. The summed E-state index contributed by atoms with van der Waals surface area (Å²) < 4.78 is 2.21. The lowest BCUT2D eigenvalue weighted by Crippen LogP contribution is -2.30. The number of rotatable bonds is 4. The first-order valence-corrected chi connectivity index (χ1v) is 11.3. The van der Waals surface area contributed by atoms with Crippen molar-refractivity contribution < 1.29 is 0 Å². The third kappa shape index (κ3) is 3.68. The molecule has 0 saturated carbocycles. The van der Waals surface area contributed by atoms with E-state index in [0.29, 0.717) is 5.11 Å². The number of hydrogen-bond donors (Lipinski definition) is 1. The summed E-state index contributed by atoms with van der Waals surface area (Å²) in [4.78, 5) is 6.86. The van der Waals surface area contributed by atoms with E-state index in [1.165, 1.54) is 5.56 Å². The highest BCUT2D eigenvalue weighted by Crippen LogP contribution is 2.42. The molecule has 0 unspecified atom stereocenters. The number of thiocarbonyl (C=S) groups is 1. The number of hydrogen-bond acceptors (Lipinski definition) is 2. The average Bonchev–Trinajstić information content (AvgIpc) is 3.40. The van der Waals surface area contributed by atoms with Gasteiger partial charge in [-0.05, 0) is 91.8 Å². The van der Waals surface area contributed by atoms with Crippen LogP contribution in [0.2, 0.25) is 5.02 Å². The minimum absolute atomic E-state index is 0.0785. The first-order chi connectivity index (χ1) is 15.5. The zero-order chi connectivity index (χ0) is 22.2. The molecule has 32 heavy (non-hydrogen) atoms. The monoisotopic (exact) mass is 458 g/mol. The number of nitrogens with zero attached hydrogens (tertiary/aromatic N) is 3. The lowest BCUT2D eigenvalue weighted by atomic mass is 10.0. The number of nitrogens with one attached hydrogen (secondary N) is 1. The van der Waals surface area contributed by atoms with Crippen molar-refractivity contribution in [2.24, 2.45) is 0 Å². The highest BCUT2D eigenvalue weighted by Gasteiger charge is 2.42. The van der Waals surface area contributed by atoms with Gasteiger partial charge in [-0.15, -0.1) is 0 Å². The highest BCUT2D eigenvalue weighted by atomic mass is 35.5. The Hall–Kier alpha value is -3.15. The van der Waals surface area contributed by atoms with E-state index in [-0.39, 0.29) is 12.1 Å². The van der Waals surface area contributed by atoms with E-state index >= 15 is 0 Å². The summed E-state index contributed by atoms with van der Waals surface area (Å²) in [5.41, 5.74) is 6.43. The minimum atomic E-state index is -0.0914. The van der Waals surface area contributed by atoms with E-state index in [2.05, 4.69) is 75.4 Å². The zero-order valence-corrected chi connectivity index (χ0v) is 19.4. The van der Waals surface area contributed by atoms with Crippen LogP contribution in [0.4, 0.5) is 5.69 Å². The quantitative estimate of drug-likeness (QED) is 0.363. The van der Waals surface area contributed by atoms with Crippen molar-refractivity contribution in [3.8, 4) is 5.69 Å². The van der Waals surface area contributed by atoms with Crippen LogP contribution in [0.15, 0.2) is 85.2 Å². The largest absolute Gasteiger partial charge is 0.351 e. The van der Waals surface area contributed by atoms with E-state index < -0.39 is 0 Å². The van der Waals surface area contributed by atoms with Gasteiger partial charge in [-0.25, -0.2) is 0 Å². The molecule has 0 aliphatic carbocycles. The summed E-state index contributed by atoms with van der Waals surface area (Å²) in [6, 6.07) is 24.6. The smallest absolute Gasteiger partial charge is 0.174 e. The Morgan fingerprint density at radius 1 is 0.938 bits per heavy atom. The maximum Gasteiger partial charge on any atom is 0.174 e. The molecule has 0 spiro atoms.